The van der Waals surface area contributed by atoms with E-state index in [1.54, 1.807) is 0 Å². The second-order valence-electron chi connectivity index (χ2n) is 8.04. The van der Waals surface area contributed by atoms with Crippen LogP contribution in [0.4, 0.5) is 10.1 Å². The summed E-state index contributed by atoms with van der Waals surface area (Å²) in [7, 11) is 1.43. The summed E-state index contributed by atoms with van der Waals surface area (Å²) in [6, 6.07) is 1.27. The van der Waals surface area contributed by atoms with Gasteiger partial charge in [0.2, 0.25) is 0 Å². The van der Waals surface area contributed by atoms with Crippen molar-refractivity contribution in [3.63, 3.8) is 0 Å². The number of methoxy groups -OCH3 is 1. The molecule has 1 aromatic carbocycles. The fraction of sp³-hybridized carbons (Fsp3) is 0.556. The summed E-state index contributed by atoms with van der Waals surface area (Å²) in [5.74, 6) is 5.33. The molecule has 2 aliphatic carbocycles. The number of nitrogens with zero attached hydrogens (tertiary/aromatic N) is 3. The zero-order valence-electron chi connectivity index (χ0n) is 15.1. The summed E-state index contributed by atoms with van der Waals surface area (Å²) in [5, 5.41) is 0.0548. The lowest BCUT2D eigenvalue weighted by atomic mass is 10.1. The molecule has 1 spiro atoms. The number of hydrogen-bond acceptors (Lipinski definition) is 6. The summed E-state index contributed by atoms with van der Waals surface area (Å²) in [5.41, 5.74) is 5.42. The molecule has 0 bridgehead atoms. The molecule has 27 heavy (non-hydrogen) atoms. The van der Waals surface area contributed by atoms with Crippen molar-refractivity contribution in [3.05, 3.63) is 32.7 Å². The van der Waals surface area contributed by atoms with Crippen molar-refractivity contribution in [2.45, 2.75) is 37.8 Å². The second-order valence-corrected chi connectivity index (χ2v) is 8.04. The van der Waals surface area contributed by atoms with E-state index in [-0.39, 0.29) is 28.6 Å². The lowest BCUT2D eigenvalue weighted by Crippen LogP contribution is -2.44. The summed E-state index contributed by atoms with van der Waals surface area (Å²) >= 11 is 0. The van der Waals surface area contributed by atoms with Crippen LogP contribution in [-0.2, 0) is 0 Å². The Kier molecular flexibility index (Phi) is 3.23. The molecular weight excluding hydrogens is 353 g/mol. The van der Waals surface area contributed by atoms with Gasteiger partial charge in [-0.1, -0.05) is 0 Å². The van der Waals surface area contributed by atoms with Gasteiger partial charge in [0.25, 0.3) is 5.56 Å². The average molecular weight is 375 g/mol. The summed E-state index contributed by atoms with van der Waals surface area (Å²) in [4.78, 5) is 27.1. The van der Waals surface area contributed by atoms with Gasteiger partial charge < -0.3 is 21.2 Å². The number of fused-ring (bicyclic) bond motifs is 1. The smallest absolute Gasteiger partial charge is 0.350 e. The first-order chi connectivity index (χ1) is 12.9. The van der Waals surface area contributed by atoms with E-state index in [1.807, 2.05) is 4.90 Å². The third-order valence-corrected chi connectivity index (χ3v) is 6.36. The van der Waals surface area contributed by atoms with Crippen LogP contribution in [0, 0.1) is 11.2 Å². The molecule has 1 saturated heterocycles. The topological polar surface area (TPSA) is 109 Å². The highest BCUT2D eigenvalue weighted by atomic mass is 19.1. The fourth-order valence-corrected chi connectivity index (χ4v) is 4.53. The van der Waals surface area contributed by atoms with Crippen LogP contribution in [0.25, 0.3) is 10.9 Å². The van der Waals surface area contributed by atoms with Gasteiger partial charge in [0, 0.05) is 30.6 Å². The molecule has 2 saturated carbocycles. The number of benzene rings is 1. The average Bonchev–Trinajstić information content (AvgIpc) is 3.53. The van der Waals surface area contributed by atoms with Crippen LogP contribution < -0.4 is 32.5 Å². The van der Waals surface area contributed by atoms with E-state index in [1.165, 1.54) is 17.7 Å². The minimum atomic E-state index is -0.724. The maximum Gasteiger partial charge on any atom is 0.350 e. The molecule has 3 fully saturated rings. The molecule has 5 rings (SSSR count). The number of nitrogens with two attached hydrogens (primary N) is 2. The molecule has 8 nitrogen and oxygen atoms in total. The van der Waals surface area contributed by atoms with Gasteiger partial charge in [-0.2, -0.15) is 4.68 Å². The largest absolute Gasteiger partial charge is 0.492 e. The van der Waals surface area contributed by atoms with E-state index >= 15 is 4.39 Å². The molecule has 1 aromatic heterocycles. The van der Waals surface area contributed by atoms with Gasteiger partial charge in [0.1, 0.15) is 11.2 Å². The quantitative estimate of drug-likeness (QED) is 0.747. The summed E-state index contributed by atoms with van der Waals surface area (Å²) in [6.45, 7) is 1.31. The van der Waals surface area contributed by atoms with E-state index in [0.717, 1.165) is 25.7 Å². The summed E-state index contributed by atoms with van der Waals surface area (Å²) < 4.78 is 22.7. The molecule has 0 amide bonds. The molecule has 2 aromatic rings. The number of rotatable bonds is 3. The van der Waals surface area contributed by atoms with Crippen LogP contribution in [0.3, 0.4) is 0 Å². The Morgan fingerprint density at radius 3 is 2.59 bits per heavy atom. The second kappa shape index (κ2) is 5.25. The maximum atomic E-state index is 15.1. The maximum absolute atomic E-state index is 15.1. The highest BCUT2D eigenvalue weighted by Gasteiger charge is 2.56. The van der Waals surface area contributed by atoms with Gasteiger partial charge in [-0.25, -0.2) is 9.18 Å². The van der Waals surface area contributed by atoms with Gasteiger partial charge in [-0.3, -0.25) is 9.36 Å². The number of anilines is 1. The highest BCUT2D eigenvalue weighted by Crippen LogP contribution is 2.54. The van der Waals surface area contributed by atoms with Crippen molar-refractivity contribution in [1.29, 1.82) is 0 Å². The molecule has 144 valence electrons. The number of ether oxygens (including phenoxy) is 1. The number of halogens is 1. The van der Waals surface area contributed by atoms with E-state index in [9.17, 15) is 9.59 Å². The Labute approximate surface area is 154 Å². The summed E-state index contributed by atoms with van der Waals surface area (Å²) in [6.07, 6.45) is 3.45. The van der Waals surface area contributed by atoms with Crippen molar-refractivity contribution in [2.75, 3.05) is 30.9 Å². The lowest BCUT2D eigenvalue weighted by Gasteiger charge is -2.24. The highest BCUT2D eigenvalue weighted by molar-refractivity contribution is 5.91. The zero-order chi connectivity index (χ0) is 19.1. The number of nitrogen functional groups attached to an aromatic ring is 1. The minimum Gasteiger partial charge on any atom is -0.492 e. The molecule has 3 aliphatic rings. The number of hydrogen-bond donors (Lipinski definition) is 2. The van der Waals surface area contributed by atoms with Gasteiger partial charge >= 0.3 is 5.69 Å². The third-order valence-electron chi connectivity index (χ3n) is 6.36. The van der Waals surface area contributed by atoms with Gasteiger partial charge in [-0.05, 0) is 31.7 Å². The molecule has 1 aliphatic heterocycles. The van der Waals surface area contributed by atoms with Crippen molar-refractivity contribution in [1.82, 2.24) is 9.24 Å². The fourth-order valence-electron chi connectivity index (χ4n) is 4.53. The van der Waals surface area contributed by atoms with Crippen LogP contribution in [-0.4, -0.2) is 35.5 Å². The van der Waals surface area contributed by atoms with Crippen LogP contribution in [0.5, 0.6) is 5.75 Å². The van der Waals surface area contributed by atoms with E-state index < -0.39 is 17.1 Å². The molecule has 9 heteroatoms. The predicted octanol–water partition coefficient (Wildman–Crippen LogP) is 0.287. The first kappa shape index (κ1) is 16.6. The monoisotopic (exact) mass is 375 g/mol. The first-order valence-corrected chi connectivity index (χ1v) is 9.21. The van der Waals surface area contributed by atoms with Crippen molar-refractivity contribution < 1.29 is 9.13 Å². The van der Waals surface area contributed by atoms with E-state index in [4.69, 9.17) is 16.3 Å². The SMILES string of the molecule is COc1c(N2CCC3(CC3N)C2)c(F)cc2c(=O)n(N)c(=O)n(C3CC3)c12. The molecule has 4 N–H and O–H groups in total. The molecule has 2 unspecified atom stereocenters. The lowest BCUT2D eigenvalue weighted by molar-refractivity contribution is 0.412. The molecular formula is C18H22FN5O3. The van der Waals surface area contributed by atoms with E-state index in [2.05, 4.69) is 0 Å². The van der Waals surface area contributed by atoms with Crippen LogP contribution in [0.1, 0.15) is 31.7 Å². The Hall–Kier alpha value is -2.55. The van der Waals surface area contributed by atoms with Crippen molar-refractivity contribution >= 4 is 16.6 Å². The van der Waals surface area contributed by atoms with Gasteiger partial charge in [0.15, 0.2) is 11.6 Å². The predicted molar refractivity (Wildman–Crippen MR) is 99.3 cm³/mol. The Morgan fingerprint density at radius 1 is 1.33 bits per heavy atom. The van der Waals surface area contributed by atoms with Crippen LogP contribution in [0.15, 0.2) is 15.7 Å². The third kappa shape index (κ3) is 2.17. The van der Waals surface area contributed by atoms with E-state index in [0.29, 0.717) is 29.0 Å². The van der Waals surface area contributed by atoms with Crippen molar-refractivity contribution in [2.24, 2.45) is 11.1 Å². The number of aromatic nitrogens is 2. The normalized spacial score (nSPS) is 26.9. The van der Waals surface area contributed by atoms with Gasteiger partial charge in [0.05, 0.1) is 12.5 Å². The van der Waals surface area contributed by atoms with Crippen molar-refractivity contribution in [3.8, 4) is 5.75 Å². The first-order valence-electron chi connectivity index (χ1n) is 9.21. The molecule has 2 atom stereocenters. The Balaban J connectivity index is 1.79. The Bertz CT molecular complexity index is 1090. The standard InChI is InChI=1S/C18H22FN5O3/c1-27-15-13-10(16(25)24(21)17(26)23(13)9-2-3-9)6-11(19)14(15)22-5-4-18(8-22)7-12(18)20/h6,9,12H,2-5,7-8,20-21H2,1H3. The molecule has 2 heterocycles. The minimum absolute atomic E-state index is 0.0449. The van der Waals surface area contributed by atoms with Gasteiger partial charge in [-0.15, -0.1) is 0 Å². The Morgan fingerprint density at radius 2 is 2.04 bits per heavy atom. The van der Waals surface area contributed by atoms with Crippen LogP contribution in [0.2, 0.25) is 0 Å². The zero-order valence-corrected chi connectivity index (χ0v) is 15.1. The van der Waals surface area contributed by atoms with Crippen LogP contribution >= 0.6 is 0 Å². The molecule has 0 radical (unpaired) electrons.